The van der Waals surface area contributed by atoms with Crippen molar-refractivity contribution in [2.75, 3.05) is 24.2 Å². The minimum atomic E-state index is -3.14. The first kappa shape index (κ1) is 19.4. The molecule has 8 nitrogen and oxygen atoms in total. The van der Waals surface area contributed by atoms with Crippen LogP contribution in [0.5, 0.6) is 0 Å². The molecular formula is C21H26N6O2S. The molecule has 158 valence electrons. The van der Waals surface area contributed by atoms with Crippen LogP contribution < -0.4 is 4.90 Å². The van der Waals surface area contributed by atoms with Crippen LogP contribution >= 0.6 is 0 Å². The van der Waals surface area contributed by atoms with E-state index in [0.717, 1.165) is 53.9 Å². The molecular weight excluding hydrogens is 400 g/mol. The molecule has 2 aliphatic heterocycles. The Labute approximate surface area is 176 Å². The molecule has 1 fully saturated rings. The summed E-state index contributed by atoms with van der Waals surface area (Å²) in [5, 5.41) is 1.12. The predicted octanol–water partition coefficient (Wildman–Crippen LogP) is 2.44. The number of aromatic nitrogens is 4. The lowest BCUT2D eigenvalue weighted by Crippen LogP contribution is -2.41. The molecule has 1 N–H and O–H groups in total. The standard InChI is InChI=1S/C21H26N6O2S/c1-14-11-19-17(12-27(14)21-16-3-7-22-18(16)4-8-23-21)20(25-13-24-19)15-5-9-26(10-6-15)30(2,28)29/h3-4,7-8,13-15,22H,5-6,9-12H2,1-2H3/t14-/m1/s1. The number of H-pyrrole nitrogens is 1. The second-order valence-electron chi connectivity index (χ2n) is 8.37. The highest BCUT2D eigenvalue weighted by atomic mass is 32.2. The fourth-order valence-corrected chi connectivity index (χ4v) is 5.70. The van der Waals surface area contributed by atoms with Crippen molar-refractivity contribution in [1.82, 2.24) is 24.2 Å². The summed E-state index contributed by atoms with van der Waals surface area (Å²) in [6.07, 6.45) is 9.17. The first-order chi connectivity index (χ1) is 14.4. The van der Waals surface area contributed by atoms with Gasteiger partial charge in [-0.05, 0) is 31.9 Å². The number of nitrogens with zero attached hydrogens (tertiary/aromatic N) is 5. The van der Waals surface area contributed by atoms with Crippen molar-refractivity contribution in [3.63, 3.8) is 0 Å². The third-order valence-electron chi connectivity index (χ3n) is 6.46. The molecule has 3 aromatic heterocycles. The summed E-state index contributed by atoms with van der Waals surface area (Å²) >= 11 is 0. The van der Waals surface area contributed by atoms with Gasteiger partial charge in [-0.1, -0.05) is 0 Å². The SMILES string of the molecule is C[C@@H]1Cc2ncnc(C3CCN(S(C)(=O)=O)CC3)c2CN1c1nccc2[nH]ccc12. The molecule has 5 rings (SSSR count). The summed E-state index contributed by atoms with van der Waals surface area (Å²) in [5.41, 5.74) is 4.44. The van der Waals surface area contributed by atoms with Crippen LogP contribution in [-0.4, -0.2) is 58.0 Å². The molecule has 0 radical (unpaired) electrons. The molecule has 5 heterocycles. The maximum atomic E-state index is 11.9. The number of anilines is 1. The number of hydrogen-bond acceptors (Lipinski definition) is 6. The summed E-state index contributed by atoms with van der Waals surface area (Å²) < 4.78 is 25.3. The van der Waals surface area contributed by atoms with Gasteiger partial charge < -0.3 is 9.88 Å². The number of rotatable bonds is 3. The van der Waals surface area contributed by atoms with Crippen molar-refractivity contribution in [3.05, 3.63) is 47.8 Å². The number of piperidine rings is 1. The molecule has 0 bridgehead atoms. The van der Waals surface area contributed by atoms with E-state index in [1.54, 1.807) is 10.6 Å². The van der Waals surface area contributed by atoms with E-state index in [-0.39, 0.29) is 12.0 Å². The molecule has 30 heavy (non-hydrogen) atoms. The molecule has 1 atom stereocenters. The Morgan fingerprint density at radius 1 is 1.13 bits per heavy atom. The van der Waals surface area contributed by atoms with E-state index < -0.39 is 10.0 Å². The van der Waals surface area contributed by atoms with Gasteiger partial charge in [0.05, 0.1) is 23.2 Å². The normalized spacial score (nSPS) is 21.1. The van der Waals surface area contributed by atoms with Gasteiger partial charge in [-0.2, -0.15) is 0 Å². The maximum absolute atomic E-state index is 11.9. The molecule has 0 unspecified atom stereocenters. The summed E-state index contributed by atoms with van der Waals surface area (Å²) in [7, 11) is -3.14. The largest absolute Gasteiger partial charge is 0.361 e. The number of hydrogen-bond donors (Lipinski definition) is 1. The van der Waals surface area contributed by atoms with Crippen LogP contribution in [0.15, 0.2) is 30.9 Å². The highest BCUT2D eigenvalue weighted by Gasteiger charge is 2.33. The van der Waals surface area contributed by atoms with Crippen molar-refractivity contribution in [3.8, 4) is 0 Å². The average Bonchev–Trinajstić information content (AvgIpc) is 3.21. The minimum Gasteiger partial charge on any atom is -0.361 e. The van der Waals surface area contributed by atoms with Gasteiger partial charge in [0, 0.05) is 61.4 Å². The van der Waals surface area contributed by atoms with Crippen molar-refractivity contribution in [2.45, 2.75) is 44.7 Å². The van der Waals surface area contributed by atoms with Crippen LogP contribution in [0.1, 0.15) is 42.6 Å². The maximum Gasteiger partial charge on any atom is 0.211 e. The second-order valence-corrected chi connectivity index (χ2v) is 10.4. The zero-order valence-corrected chi connectivity index (χ0v) is 18.1. The van der Waals surface area contributed by atoms with Gasteiger partial charge in [0.1, 0.15) is 12.1 Å². The highest BCUT2D eigenvalue weighted by molar-refractivity contribution is 7.88. The van der Waals surface area contributed by atoms with Gasteiger partial charge in [-0.3, -0.25) is 0 Å². The van der Waals surface area contributed by atoms with Gasteiger partial charge in [-0.25, -0.2) is 27.7 Å². The summed E-state index contributed by atoms with van der Waals surface area (Å²) in [4.78, 5) is 19.6. The summed E-state index contributed by atoms with van der Waals surface area (Å²) in [6, 6.07) is 4.34. The topological polar surface area (TPSA) is 95.1 Å². The fourth-order valence-electron chi connectivity index (χ4n) is 4.82. The van der Waals surface area contributed by atoms with Crippen molar-refractivity contribution >= 4 is 26.7 Å². The van der Waals surface area contributed by atoms with Crippen LogP contribution in [0.25, 0.3) is 10.9 Å². The van der Waals surface area contributed by atoms with Gasteiger partial charge in [0.25, 0.3) is 0 Å². The number of sulfonamides is 1. The Kier molecular flexibility index (Phi) is 4.74. The van der Waals surface area contributed by atoms with E-state index in [0.29, 0.717) is 13.1 Å². The first-order valence-electron chi connectivity index (χ1n) is 10.4. The number of pyridine rings is 1. The molecule has 1 saturated heterocycles. The number of aromatic amines is 1. The lowest BCUT2D eigenvalue weighted by Gasteiger charge is -2.38. The highest BCUT2D eigenvalue weighted by Crippen LogP contribution is 2.36. The van der Waals surface area contributed by atoms with Crippen LogP contribution in [0.3, 0.4) is 0 Å². The van der Waals surface area contributed by atoms with E-state index in [9.17, 15) is 8.42 Å². The van der Waals surface area contributed by atoms with Crippen LogP contribution in [0, 0.1) is 0 Å². The third kappa shape index (κ3) is 3.35. The Morgan fingerprint density at radius 2 is 1.93 bits per heavy atom. The van der Waals surface area contributed by atoms with Gasteiger partial charge in [0.2, 0.25) is 10.0 Å². The molecule has 0 spiro atoms. The van der Waals surface area contributed by atoms with Crippen molar-refractivity contribution < 1.29 is 8.42 Å². The zero-order chi connectivity index (χ0) is 20.9. The molecule has 0 amide bonds. The Hall–Kier alpha value is -2.52. The lowest BCUT2D eigenvalue weighted by atomic mass is 9.88. The molecule has 0 saturated carbocycles. The monoisotopic (exact) mass is 426 g/mol. The molecule has 2 aliphatic rings. The minimum absolute atomic E-state index is 0.256. The fraction of sp³-hybridized carbons (Fsp3) is 0.476. The van der Waals surface area contributed by atoms with Gasteiger partial charge in [-0.15, -0.1) is 0 Å². The Morgan fingerprint density at radius 3 is 2.70 bits per heavy atom. The molecule has 9 heteroatoms. The average molecular weight is 427 g/mol. The van der Waals surface area contributed by atoms with E-state index in [4.69, 9.17) is 4.98 Å². The van der Waals surface area contributed by atoms with Crippen LogP contribution in [0.4, 0.5) is 5.82 Å². The van der Waals surface area contributed by atoms with Gasteiger partial charge in [0.15, 0.2) is 0 Å². The molecule has 3 aromatic rings. The van der Waals surface area contributed by atoms with E-state index in [1.165, 1.54) is 11.8 Å². The second kappa shape index (κ2) is 7.31. The lowest BCUT2D eigenvalue weighted by molar-refractivity contribution is 0.317. The van der Waals surface area contributed by atoms with Crippen LogP contribution in [-0.2, 0) is 23.0 Å². The van der Waals surface area contributed by atoms with Crippen molar-refractivity contribution in [1.29, 1.82) is 0 Å². The van der Waals surface area contributed by atoms with Crippen LogP contribution in [0.2, 0.25) is 0 Å². The predicted molar refractivity (Wildman–Crippen MR) is 116 cm³/mol. The quantitative estimate of drug-likeness (QED) is 0.691. The van der Waals surface area contributed by atoms with Crippen molar-refractivity contribution in [2.24, 2.45) is 0 Å². The number of nitrogens with one attached hydrogen (secondary N) is 1. The van der Waals surface area contributed by atoms with E-state index in [1.807, 2.05) is 18.5 Å². The summed E-state index contributed by atoms with van der Waals surface area (Å²) in [6.45, 7) is 4.03. The summed E-state index contributed by atoms with van der Waals surface area (Å²) in [5.74, 6) is 1.24. The van der Waals surface area contributed by atoms with E-state index in [2.05, 4.69) is 32.8 Å². The van der Waals surface area contributed by atoms with Gasteiger partial charge >= 0.3 is 0 Å². The zero-order valence-electron chi connectivity index (χ0n) is 17.2. The Balaban J connectivity index is 1.47. The third-order valence-corrected chi connectivity index (χ3v) is 7.76. The van der Waals surface area contributed by atoms with E-state index >= 15 is 0 Å². The Bertz CT molecular complexity index is 1180. The number of fused-ring (bicyclic) bond motifs is 2. The molecule has 0 aliphatic carbocycles. The first-order valence-corrected chi connectivity index (χ1v) is 12.2. The smallest absolute Gasteiger partial charge is 0.211 e. The molecule has 0 aromatic carbocycles.